The number of ether oxygens (including phenoxy) is 1. The molecule has 0 saturated carbocycles. The zero-order valence-electron chi connectivity index (χ0n) is 12.4. The van der Waals surface area contributed by atoms with E-state index in [1.807, 2.05) is 12.1 Å². The summed E-state index contributed by atoms with van der Waals surface area (Å²) < 4.78 is 6.23. The van der Waals surface area contributed by atoms with Gasteiger partial charge in [-0.25, -0.2) is 0 Å². The number of fused-ring (bicyclic) bond motifs is 1. The van der Waals surface area contributed by atoms with E-state index in [2.05, 4.69) is 52.4 Å². The molecule has 0 heterocycles. The SMILES string of the molecule is COc1ccc(NC(C)c2ccc3c(c2)CCC3)cc1Br. The number of hydrogen-bond acceptors (Lipinski definition) is 2. The van der Waals surface area contributed by atoms with Gasteiger partial charge >= 0.3 is 0 Å². The summed E-state index contributed by atoms with van der Waals surface area (Å²) in [5, 5.41) is 3.56. The van der Waals surface area contributed by atoms with Crippen molar-refractivity contribution in [2.75, 3.05) is 12.4 Å². The first-order valence-corrected chi connectivity index (χ1v) is 8.18. The van der Waals surface area contributed by atoms with Crippen molar-refractivity contribution < 1.29 is 4.74 Å². The van der Waals surface area contributed by atoms with Gasteiger partial charge in [0.25, 0.3) is 0 Å². The van der Waals surface area contributed by atoms with E-state index in [-0.39, 0.29) is 6.04 Å². The summed E-state index contributed by atoms with van der Waals surface area (Å²) in [5.41, 5.74) is 5.49. The molecule has 0 spiro atoms. The highest BCUT2D eigenvalue weighted by atomic mass is 79.9. The van der Waals surface area contributed by atoms with Gasteiger partial charge in [-0.3, -0.25) is 0 Å². The second-order valence-electron chi connectivity index (χ2n) is 5.60. The number of hydrogen-bond donors (Lipinski definition) is 1. The van der Waals surface area contributed by atoms with Crippen molar-refractivity contribution in [3.63, 3.8) is 0 Å². The van der Waals surface area contributed by atoms with Crippen LogP contribution in [0, 0.1) is 0 Å². The lowest BCUT2D eigenvalue weighted by atomic mass is 10.0. The van der Waals surface area contributed by atoms with E-state index < -0.39 is 0 Å². The van der Waals surface area contributed by atoms with Crippen molar-refractivity contribution in [1.29, 1.82) is 0 Å². The van der Waals surface area contributed by atoms with Crippen LogP contribution in [0.1, 0.15) is 36.1 Å². The van der Waals surface area contributed by atoms with Crippen LogP contribution in [0.5, 0.6) is 5.75 Å². The predicted octanol–water partition coefficient (Wildman–Crippen LogP) is 5.12. The smallest absolute Gasteiger partial charge is 0.133 e. The third-order valence-electron chi connectivity index (χ3n) is 4.16. The molecule has 1 atom stereocenters. The minimum absolute atomic E-state index is 0.288. The molecule has 0 aliphatic heterocycles. The first kappa shape index (κ1) is 14.5. The molecule has 21 heavy (non-hydrogen) atoms. The topological polar surface area (TPSA) is 21.3 Å². The van der Waals surface area contributed by atoms with Crippen molar-refractivity contribution in [3.05, 3.63) is 57.6 Å². The Labute approximate surface area is 134 Å². The molecule has 0 amide bonds. The highest BCUT2D eigenvalue weighted by Gasteiger charge is 2.13. The van der Waals surface area contributed by atoms with E-state index >= 15 is 0 Å². The summed E-state index contributed by atoms with van der Waals surface area (Å²) in [4.78, 5) is 0. The monoisotopic (exact) mass is 345 g/mol. The minimum Gasteiger partial charge on any atom is -0.496 e. The van der Waals surface area contributed by atoms with Gasteiger partial charge in [0, 0.05) is 11.7 Å². The van der Waals surface area contributed by atoms with Crippen molar-refractivity contribution in [3.8, 4) is 5.75 Å². The maximum Gasteiger partial charge on any atom is 0.133 e. The van der Waals surface area contributed by atoms with Crippen LogP contribution in [0.15, 0.2) is 40.9 Å². The Balaban J connectivity index is 1.76. The molecule has 1 aliphatic rings. The summed E-state index contributed by atoms with van der Waals surface area (Å²) in [6.07, 6.45) is 3.76. The van der Waals surface area contributed by atoms with E-state index in [9.17, 15) is 0 Å². The molecular formula is C18H20BrNO. The minimum atomic E-state index is 0.288. The number of aryl methyl sites for hydroxylation is 2. The molecule has 0 radical (unpaired) electrons. The number of nitrogens with one attached hydrogen (secondary N) is 1. The van der Waals surface area contributed by atoms with Crippen LogP contribution in [-0.4, -0.2) is 7.11 Å². The molecule has 0 bridgehead atoms. The molecule has 1 aliphatic carbocycles. The van der Waals surface area contributed by atoms with Gasteiger partial charge in [0.2, 0.25) is 0 Å². The fourth-order valence-corrected chi connectivity index (χ4v) is 3.49. The van der Waals surface area contributed by atoms with Gasteiger partial charge in [-0.2, -0.15) is 0 Å². The summed E-state index contributed by atoms with van der Waals surface area (Å²) in [6.45, 7) is 2.20. The molecule has 0 saturated heterocycles. The van der Waals surface area contributed by atoms with Crippen LogP contribution < -0.4 is 10.1 Å². The molecule has 2 nitrogen and oxygen atoms in total. The number of halogens is 1. The maximum atomic E-state index is 5.27. The fourth-order valence-electron chi connectivity index (χ4n) is 2.95. The molecule has 3 rings (SSSR count). The molecular weight excluding hydrogens is 326 g/mol. The van der Waals surface area contributed by atoms with Gasteiger partial charge in [0.05, 0.1) is 11.6 Å². The van der Waals surface area contributed by atoms with E-state index in [0.717, 1.165) is 15.9 Å². The highest BCUT2D eigenvalue weighted by Crippen LogP contribution is 2.30. The lowest BCUT2D eigenvalue weighted by molar-refractivity contribution is 0.412. The lowest BCUT2D eigenvalue weighted by Crippen LogP contribution is -2.07. The first-order valence-electron chi connectivity index (χ1n) is 7.39. The highest BCUT2D eigenvalue weighted by molar-refractivity contribution is 9.10. The fraction of sp³-hybridized carbons (Fsp3) is 0.333. The van der Waals surface area contributed by atoms with Crippen LogP contribution in [0.25, 0.3) is 0 Å². The summed E-state index contributed by atoms with van der Waals surface area (Å²) >= 11 is 3.53. The average Bonchev–Trinajstić information content (AvgIpc) is 2.94. The molecule has 2 aromatic carbocycles. The van der Waals surface area contributed by atoms with Crippen molar-refractivity contribution in [2.45, 2.75) is 32.2 Å². The summed E-state index contributed by atoms with van der Waals surface area (Å²) in [7, 11) is 1.68. The summed E-state index contributed by atoms with van der Waals surface area (Å²) in [5.74, 6) is 0.853. The zero-order chi connectivity index (χ0) is 14.8. The van der Waals surface area contributed by atoms with E-state index in [1.165, 1.54) is 36.0 Å². The normalized spacial score (nSPS) is 14.6. The first-order chi connectivity index (χ1) is 10.2. The van der Waals surface area contributed by atoms with Gasteiger partial charge in [-0.05, 0) is 77.0 Å². The third-order valence-corrected chi connectivity index (χ3v) is 4.78. The lowest BCUT2D eigenvalue weighted by Gasteiger charge is -2.17. The molecule has 1 unspecified atom stereocenters. The Bertz CT molecular complexity index is 654. The quantitative estimate of drug-likeness (QED) is 0.830. The number of benzene rings is 2. The van der Waals surface area contributed by atoms with Gasteiger partial charge in [0.1, 0.15) is 5.75 Å². The van der Waals surface area contributed by atoms with Gasteiger partial charge < -0.3 is 10.1 Å². The van der Waals surface area contributed by atoms with E-state index in [4.69, 9.17) is 4.74 Å². The Hall–Kier alpha value is -1.48. The molecule has 0 aromatic heterocycles. The Kier molecular flexibility index (Phi) is 4.20. The third kappa shape index (κ3) is 3.08. The second-order valence-corrected chi connectivity index (χ2v) is 6.45. The predicted molar refractivity (Wildman–Crippen MR) is 91.2 cm³/mol. The van der Waals surface area contributed by atoms with Crippen molar-refractivity contribution in [1.82, 2.24) is 0 Å². The number of anilines is 1. The Morgan fingerprint density at radius 1 is 1.10 bits per heavy atom. The van der Waals surface area contributed by atoms with Crippen LogP contribution >= 0.6 is 15.9 Å². The molecule has 0 fully saturated rings. The van der Waals surface area contributed by atoms with Crippen molar-refractivity contribution >= 4 is 21.6 Å². The number of methoxy groups -OCH3 is 1. The molecule has 110 valence electrons. The number of rotatable bonds is 4. The van der Waals surface area contributed by atoms with Crippen LogP contribution in [0.3, 0.4) is 0 Å². The molecule has 2 aromatic rings. The van der Waals surface area contributed by atoms with E-state index in [1.54, 1.807) is 7.11 Å². The van der Waals surface area contributed by atoms with E-state index in [0.29, 0.717) is 0 Å². The largest absolute Gasteiger partial charge is 0.496 e. The second kappa shape index (κ2) is 6.10. The van der Waals surface area contributed by atoms with Crippen LogP contribution in [-0.2, 0) is 12.8 Å². The van der Waals surface area contributed by atoms with Crippen LogP contribution in [0.4, 0.5) is 5.69 Å². The average molecular weight is 346 g/mol. The standard InChI is InChI=1S/C18H20BrNO/c1-12(14-7-6-13-4-3-5-15(13)10-14)20-16-8-9-18(21-2)17(19)11-16/h6-12,20H,3-5H2,1-2H3. The van der Waals surface area contributed by atoms with Crippen molar-refractivity contribution in [2.24, 2.45) is 0 Å². The Morgan fingerprint density at radius 3 is 2.67 bits per heavy atom. The maximum absolute atomic E-state index is 5.27. The van der Waals surface area contributed by atoms with Crippen LogP contribution in [0.2, 0.25) is 0 Å². The zero-order valence-corrected chi connectivity index (χ0v) is 14.0. The van der Waals surface area contributed by atoms with Gasteiger partial charge in [-0.15, -0.1) is 0 Å². The van der Waals surface area contributed by atoms with Gasteiger partial charge in [0.15, 0.2) is 0 Å². The molecule has 1 N–H and O–H groups in total. The molecule has 3 heteroatoms. The van der Waals surface area contributed by atoms with Gasteiger partial charge in [-0.1, -0.05) is 18.2 Å². The summed E-state index contributed by atoms with van der Waals surface area (Å²) in [6, 6.07) is 13.3. The Morgan fingerprint density at radius 2 is 1.90 bits per heavy atom.